The predicted molar refractivity (Wildman–Crippen MR) is 273 cm³/mol. The third-order valence-corrected chi connectivity index (χ3v) is 22.1. The van der Waals surface area contributed by atoms with Crippen molar-refractivity contribution >= 4 is 50.8 Å². The lowest BCUT2D eigenvalue weighted by Crippen LogP contribution is -2.56. The maximum absolute atomic E-state index is 13.5. The van der Waals surface area contributed by atoms with Crippen LogP contribution in [0.25, 0.3) is 0 Å². The van der Waals surface area contributed by atoms with Crippen LogP contribution in [-0.4, -0.2) is 52.3 Å². The van der Waals surface area contributed by atoms with Crippen molar-refractivity contribution in [1.29, 1.82) is 0 Å². The molecule has 0 aliphatic heterocycles. The molecule has 2 aromatic carbocycles. The number of benzene rings is 2. The Morgan fingerprint density at radius 1 is 0.576 bits per heavy atom. The van der Waals surface area contributed by atoms with Gasteiger partial charge in [0.25, 0.3) is 0 Å². The maximum Gasteiger partial charge on any atom is 0.249 e. The van der Waals surface area contributed by atoms with Crippen LogP contribution >= 0.6 is 39.1 Å². The summed E-state index contributed by atoms with van der Waals surface area (Å²) in [6, 6.07) is 15.0. The van der Waals surface area contributed by atoms with Crippen LogP contribution in [-0.2, 0) is 9.63 Å². The quantitative estimate of drug-likeness (QED) is 0.235. The number of hydrogen-bond donors (Lipinski definition) is 2. The van der Waals surface area contributed by atoms with Gasteiger partial charge in [-0.3, -0.25) is 14.4 Å². The van der Waals surface area contributed by atoms with Gasteiger partial charge in [-0.05, 0) is 247 Å². The van der Waals surface area contributed by atoms with Gasteiger partial charge in [0.2, 0.25) is 5.91 Å². The van der Waals surface area contributed by atoms with Gasteiger partial charge in [-0.1, -0.05) is 74.3 Å². The summed E-state index contributed by atoms with van der Waals surface area (Å²) >= 11 is 14.9. The largest absolute Gasteiger partial charge is 0.390 e. The summed E-state index contributed by atoms with van der Waals surface area (Å²) in [5.41, 5.74) is 0.941. The normalized spacial score (nSPS) is 44.1. The van der Waals surface area contributed by atoms with Crippen LogP contribution in [0.5, 0.6) is 0 Å². The Kier molecular flexibility index (Phi) is 15.6. The van der Waals surface area contributed by atoms with Crippen molar-refractivity contribution in [2.24, 2.45) is 80.8 Å². The lowest BCUT2D eigenvalue weighted by molar-refractivity contribution is -0.182. The summed E-state index contributed by atoms with van der Waals surface area (Å²) in [5, 5.41) is 24.2. The van der Waals surface area contributed by atoms with Gasteiger partial charge in [-0.15, -0.1) is 0 Å². The number of halogens is 3. The van der Waals surface area contributed by atoms with Crippen molar-refractivity contribution in [3.05, 3.63) is 68.6 Å². The van der Waals surface area contributed by atoms with E-state index in [1.54, 1.807) is 14.2 Å². The third kappa shape index (κ3) is 9.66. The highest BCUT2D eigenvalue weighted by Gasteiger charge is 2.64. The van der Waals surface area contributed by atoms with Gasteiger partial charge in [0.15, 0.2) is 5.78 Å². The fourth-order valence-electron chi connectivity index (χ4n) is 17.3. The van der Waals surface area contributed by atoms with Crippen LogP contribution < -0.4 is 0 Å². The average Bonchev–Trinajstić information content (AvgIpc) is 3.82. The Hall–Kier alpha value is -1.48. The Bertz CT molecular complexity index is 2010. The van der Waals surface area contributed by atoms with Crippen LogP contribution in [0.2, 0.25) is 10.0 Å². The van der Waals surface area contributed by atoms with Crippen molar-refractivity contribution in [3.63, 3.8) is 0 Å². The van der Waals surface area contributed by atoms with Crippen LogP contribution in [0.1, 0.15) is 175 Å². The first kappa shape index (κ1) is 52.3. The number of hydrogen-bond acceptors (Lipinski definition) is 5. The molecule has 2 aromatic rings. The van der Waals surface area contributed by atoms with Gasteiger partial charge < -0.3 is 10.2 Å². The standard InChI is InChI=1S/C27H37ClO2.C23H39NO3.C6H4BrCl.CH4/c1-25(30)14-15-26(2)18(16-25)6-9-20-21-10-11-23(27(21,3)13-12-22(20)26)24(29)17-4-7-19(28)8-5-17;1-21(26)12-13-22(2)15(14-21)6-7-16-17-8-9-19(20(25)24(4)27-5)23(17,3)11-10-18(16)22;7-5-1-3-6(8)4-2-5;/h4-5,7-8,18,20-23,30H,6,9-16H2,1-3H3;15-19,26H,6-14H2,1-5H3;1-4H;1H4/t18-,20+,21+,22+,23-,25-,26+,27+;15-,16+,17+,18+,19-,21-,22+,23+;;/m11../s1. The summed E-state index contributed by atoms with van der Waals surface area (Å²) in [6.45, 7) is 14.0. The number of fused-ring (bicyclic) bond motifs is 10. The van der Waals surface area contributed by atoms with Gasteiger partial charge in [-0.25, -0.2) is 5.06 Å². The second-order valence-electron chi connectivity index (χ2n) is 24.4. The molecule has 10 rings (SSSR count). The zero-order chi connectivity index (χ0) is 46.9. The van der Waals surface area contributed by atoms with Crippen LogP contribution in [0, 0.1) is 80.8 Å². The van der Waals surface area contributed by atoms with E-state index in [-0.39, 0.29) is 36.0 Å². The molecule has 0 heterocycles. The van der Waals surface area contributed by atoms with Crippen molar-refractivity contribution < 1.29 is 24.6 Å². The molecule has 6 nitrogen and oxygen atoms in total. The minimum Gasteiger partial charge on any atom is -0.390 e. The second kappa shape index (κ2) is 19.6. The molecular formula is C57H84BrCl2NO5. The summed E-state index contributed by atoms with van der Waals surface area (Å²) in [7, 11) is 3.34. The Morgan fingerprint density at radius 2 is 0.985 bits per heavy atom. The van der Waals surface area contributed by atoms with Crippen LogP contribution in [0.4, 0.5) is 0 Å². The summed E-state index contributed by atoms with van der Waals surface area (Å²) in [6.07, 6.45) is 20.6. The first-order valence-electron chi connectivity index (χ1n) is 25.5. The Morgan fingerprint density at radius 3 is 1.42 bits per heavy atom. The molecule has 8 fully saturated rings. The third-order valence-electron chi connectivity index (χ3n) is 21.0. The number of hydroxylamine groups is 2. The first-order chi connectivity index (χ1) is 30.5. The lowest BCUT2D eigenvalue weighted by atomic mass is 9.44. The van der Waals surface area contributed by atoms with E-state index in [1.807, 2.05) is 62.4 Å². The molecule has 0 saturated heterocycles. The minimum atomic E-state index is -0.469. The molecule has 0 radical (unpaired) electrons. The molecule has 8 aliphatic rings. The Labute approximate surface area is 417 Å². The topological polar surface area (TPSA) is 87.1 Å². The highest BCUT2D eigenvalue weighted by molar-refractivity contribution is 9.10. The summed E-state index contributed by atoms with van der Waals surface area (Å²) in [4.78, 5) is 31.6. The number of ketones is 1. The highest BCUT2D eigenvalue weighted by atomic mass is 79.9. The monoisotopic (exact) mass is 1010 g/mol. The molecule has 16 atom stereocenters. The van der Waals surface area contributed by atoms with E-state index in [1.165, 1.54) is 82.1 Å². The van der Waals surface area contributed by atoms with Crippen molar-refractivity contribution in [2.45, 2.75) is 176 Å². The van der Waals surface area contributed by atoms with E-state index in [4.69, 9.17) is 28.0 Å². The zero-order valence-electron chi connectivity index (χ0n) is 40.8. The number of carbonyl (C=O) groups is 2. The average molecular weight is 1010 g/mol. The molecular weight excluding hydrogens is 929 g/mol. The summed E-state index contributed by atoms with van der Waals surface area (Å²) < 4.78 is 1.06. The lowest BCUT2D eigenvalue weighted by Gasteiger charge is -2.61. The number of Topliss-reactive ketones (excluding diaryl/α,β-unsaturated/α-hetero) is 1. The molecule has 1 amide bonds. The van der Waals surface area contributed by atoms with E-state index in [0.717, 1.165) is 77.3 Å². The molecule has 368 valence electrons. The molecule has 0 aromatic heterocycles. The molecule has 0 unspecified atom stereocenters. The Balaban J connectivity index is 0.000000167. The van der Waals surface area contributed by atoms with Gasteiger partial charge in [0.05, 0.1) is 18.3 Å². The van der Waals surface area contributed by atoms with Crippen LogP contribution in [0.3, 0.4) is 0 Å². The number of amides is 1. The van der Waals surface area contributed by atoms with E-state index in [2.05, 4.69) is 43.6 Å². The number of aliphatic hydroxyl groups is 2. The fraction of sp³-hybridized carbons (Fsp3) is 0.754. The molecule has 0 spiro atoms. The molecule has 66 heavy (non-hydrogen) atoms. The van der Waals surface area contributed by atoms with Crippen molar-refractivity contribution in [2.75, 3.05) is 14.2 Å². The summed E-state index contributed by atoms with van der Waals surface area (Å²) in [5.74, 6) is 6.55. The van der Waals surface area contributed by atoms with E-state index >= 15 is 0 Å². The van der Waals surface area contributed by atoms with E-state index in [0.29, 0.717) is 45.3 Å². The second-order valence-corrected chi connectivity index (χ2v) is 26.2. The molecule has 8 aliphatic carbocycles. The number of carbonyl (C=O) groups excluding carboxylic acids is 2. The van der Waals surface area contributed by atoms with E-state index in [9.17, 15) is 19.8 Å². The smallest absolute Gasteiger partial charge is 0.249 e. The maximum atomic E-state index is 13.5. The fourth-order valence-corrected chi connectivity index (χ4v) is 17.8. The van der Waals surface area contributed by atoms with Gasteiger partial charge >= 0.3 is 0 Å². The first-order valence-corrected chi connectivity index (χ1v) is 27.1. The molecule has 8 saturated carbocycles. The van der Waals surface area contributed by atoms with Crippen LogP contribution in [0.15, 0.2) is 53.0 Å². The van der Waals surface area contributed by atoms with Crippen molar-refractivity contribution in [1.82, 2.24) is 5.06 Å². The van der Waals surface area contributed by atoms with E-state index < -0.39 is 11.2 Å². The number of nitrogens with zero attached hydrogens (tertiary/aromatic N) is 1. The highest BCUT2D eigenvalue weighted by Crippen LogP contribution is 2.70. The zero-order valence-corrected chi connectivity index (χ0v) is 43.9. The number of rotatable bonds is 4. The van der Waals surface area contributed by atoms with Gasteiger partial charge in [-0.2, -0.15) is 0 Å². The molecule has 2 N–H and O–H groups in total. The van der Waals surface area contributed by atoms with Gasteiger partial charge in [0.1, 0.15) is 0 Å². The SMILES string of the molecule is C.CON(C)C(=O)[C@H]1CC[C@H]2[C@@H]3CC[C@@H]4C[C@](C)(O)CC[C@]4(C)[C@H]3CC[C@]12C.C[C@@]1(O)CC[C@@]2(C)[C@H](CC[C@@H]3[C@@H]2CC[C@]2(C)[C@@H](C(=O)c4ccc(Cl)cc4)CC[C@@H]32)C1.Clc1ccc(Br)cc1. The molecule has 0 bridgehead atoms. The van der Waals surface area contributed by atoms with Gasteiger partial charge in [0, 0.05) is 39.0 Å². The van der Waals surface area contributed by atoms with Crippen molar-refractivity contribution in [3.8, 4) is 0 Å². The minimum absolute atomic E-state index is 0. The molecule has 9 heteroatoms. The predicted octanol–water partition coefficient (Wildman–Crippen LogP) is 15.1.